The van der Waals surface area contributed by atoms with Crippen LogP contribution in [0.5, 0.6) is 5.75 Å². The molecular formula is C18H27NO3. The summed E-state index contributed by atoms with van der Waals surface area (Å²) in [7, 11) is 0. The fraction of sp³-hybridized carbons (Fsp3) is 0.611. The van der Waals surface area contributed by atoms with Crippen LogP contribution in [-0.4, -0.2) is 29.8 Å². The predicted molar refractivity (Wildman–Crippen MR) is 86.9 cm³/mol. The predicted octanol–water partition coefficient (Wildman–Crippen LogP) is 2.68. The molecule has 0 aromatic heterocycles. The van der Waals surface area contributed by atoms with Crippen molar-refractivity contribution in [2.75, 3.05) is 6.61 Å². The number of hydrogen-bond donors (Lipinski definition) is 2. The van der Waals surface area contributed by atoms with E-state index in [2.05, 4.69) is 5.32 Å². The van der Waals surface area contributed by atoms with Gasteiger partial charge in [-0.2, -0.15) is 0 Å². The van der Waals surface area contributed by atoms with Crippen molar-refractivity contribution in [3.8, 4) is 5.75 Å². The summed E-state index contributed by atoms with van der Waals surface area (Å²) in [4.78, 5) is 12.3. The molecule has 0 saturated heterocycles. The standard InChI is InChI=1S/C18H27NO3/c1-13(2)22-17-10-6-4-7-14(17)11-18(21)19-16-9-5-3-8-15(16)12-20/h4,6-7,10,13,15-16,20H,3,5,8-9,11-12H2,1-2H3,(H,19,21). The average Bonchev–Trinajstić information content (AvgIpc) is 2.49. The number of aliphatic hydroxyl groups excluding tert-OH is 1. The number of hydrogen-bond acceptors (Lipinski definition) is 3. The summed E-state index contributed by atoms with van der Waals surface area (Å²) in [5.74, 6) is 0.972. The van der Waals surface area contributed by atoms with E-state index in [0.717, 1.165) is 37.0 Å². The summed E-state index contributed by atoms with van der Waals surface area (Å²) in [6.07, 6.45) is 4.62. The van der Waals surface area contributed by atoms with E-state index in [1.54, 1.807) is 0 Å². The Morgan fingerprint density at radius 2 is 2.05 bits per heavy atom. The Labute approximate surface area is 132 Å². The number of para-hydroxylation sites is 1. The maximum absolute atomic E-state index is 12.3. The van der Waals surface area contributed by atoms with Crippen LogP contribution in [0.4, 0.5) is 0 Å². The van der Waals surface area contributed by atoms with Crippen molar-refractivity contribution in [2.24, 2.45) is 5.92 Å². The Morgan fingerprint density at radius 3 is 2.77 bits per heavy atom. The molecule has 2 N–H and O–H groups in total. The van der Waals surface area contributed by atoms with Crippen LogP contribution in [0.25, 0.3) is 0 Å². The highest BCUT2D eigenvalue weighted by atomic mass is 16.5. The van der Waals surface area contributed by atoms with Crippen molar-refractivity contribution in [3.05, 3.63) is 29.8 Å². The minimum Gasteiger partial charge on any atom is -0.491 e. The molecule has 0 spiro atoms. The van der Waals surface area contributed by atoms with Crippen LogP contribution < -0.4 is 10.1 Å². The van der Waals surface area contributed by atoms with Gasteiger partial charge in [0.15, 0.2) is 0 Å². The maximum Gasteiger partial charge on any atom is 0.224 e. The molecule has 4 heteroatoms. The number of nitrogens with one attached hydrogen (secondary N) is 1. The Balaban J connectivity index is 1.97. The lowest BCUT2D eigenvalue weighted by atomic mass is 9.85. The highest BCUT2D eigenvalue weighted by Crippen LogP contribution is 2.25. The first-order chi connectivity index (χ1) is 10.6. The first kappa shape index (κ1) is 16.8. The minimum atomic E-state index is 0.00477. The number of carbonyl (C=O) groups excluding carboxylic acids is 1. The van der Waals surface area contributed by atoms with E-state index in [0.29, 0.717) is 6.42 Å². The lowest BCUT2D eigenvalue weighted by Gasteiger charge is -2.31. The molecule has 2 atom stereocenters. The van der Waals surface area contributed by atoms with Gasteiger partial charge >= 0.3 is 0 Å². The first-order valence-corrected chi connectivity index (χ1v) is 8.25. The van der Waals surface area contributed by atoms with Gasteiger partial charge in [0.05, 0.1) is 12.5 Å². The second-order valence-electron chi connectivity index (χ2n) is 6.35. The fourth-order valence-electron chi connectivity index (χ4n) is 3.07. The summed E-state index contributed by atoms with van der Waals surface area (Å²) >= 11 is 0. The van der Waals surface area contributed by atoms with Crippen LogP contribution in [0.1, 0.15) is 45.1 Å². The van der Waals surface area contributed by atoms with Crippen molar-refractivity contribution in [3.63, 3.8) is 0 Å². The quantitative estimate of drug-likeness (QED) is 0.849. The second-order valence-corrected chi connectivity index (χ2v) is 6.35. The van der Waals surface area contributed by atoms with E-state index < -0.39 is 0 Å². The van der Waals surface area contributed by atoms with Crippen molar-refractivity contribution < 1.29 is 14.6 Å². The smallest absolute Gasteiger partial charge is 0.224 e. The molecule has 1 aliphatic carbocycles. The highest BCUT2D eigenvalue weighted by Gasteiger charge is 2.26. The average molecular weight is 305 g/mol. The van der Waals surface area contributed by atoms with Crippen molar-refractivity contribution in [2.45, 2.75) is 58.1 Å². The van der Waals surface area contributed by atoms with Crippen LogP contribution in [0.3, 0.4) is 0 Å². The lowest BCUT2D eigenvalue weighted by Crippen LogP contribution is -2.44. The summed E-state index contributed by atoms with van der Waals surface area (Å²) < 4.78 is 5.76. The Morgan fingerprint density at radius 1 is 1.32 bits per heavy atom. The van der Waals surface area contributed by atoms with E-state index in [4.69, 9.17) is 4.74 Å². The molecule has 1 aromatic carbocycles. The molecule has 0 heterocycles. The highest BCUT2D eigenvalue weighted by molar-refractivity contribution is 5.79. The monoisotopic (exact) mass is 305 g/mol. The number of aliphatic hydroxyl groups is 1. The van der Waals surface area contributed by atoms with E-state index in [1.165, 1.54) is 0 Å². The molecule has 0 bridgehead atoms. The van der Waals surface area contributed by atoms with Gasteiger partial charge in [-0.15, -0.1) is 0 Å². The zero-order valence-corrected chi connectivity index (χ0v) is 13.5. The molecule has 1 amide bonds. The third-order valence-electron chi connectivity index (χ3n) is 4.18. The van der Waals surface area contributed by atoms with Gasteiger partial charge in [0.2, 0.25) is 5.91 Å². The van der Waals surface area contributed by atoms with Gasteiger partial charge in [0.25, 0.3) is 0 Å². The molecule has 2 unspecified atom stereocenters. The van der Waals surface area contributed by atoms with Gasteiger partial charge in [-0.25, -0.2) is 0 Å². The number of ether oxygens (including phenoxy) is 1. The van der Waals surface area contributed by atoms with Crippen LogP contribution in [0, 0.1) is 5.92 Å². The summed E-state index contributed by atoms with van der Waals surface area (Å²) in [5.41, 5.74) is 0.907. The van der Waals surface area contributed by atoms with Crippen LogP contribution in [-0.2, 0) is 11.2 Å². The second kappa shape index (κ2) is 8.18. The molecule has 0 radical (unpaired) electrons. The van der Waals surface area contributed by atoms with Gasteiger partial charge in [-0.1, -0.05) is 31.0 Å². The van der Waals surface area contributed by atoms with Gasteiger partial charge in [0, 0.05) is 24.1 Å². The topological polar surface area (TPSA) is 58.6 Å². The third kappa shape index (κ3) is 4.73. The Kier molecular flexibility index (Phi) is 6.25. The van der Waals surface area contributed by atoms with Crippen LogP contribution in [0.15, 0.2) is 24.3 Å². The molecule has 122 valence electrons. The van der Waals surface area contributed by atoms with Gasteiger partial charge in [0.1, 0.15) is 5.75 Å². The zero-order valence-electron chi connectivity index (χ0n) is 13.5. The molecule has 4 nitrogen and oxygen atoms in total. The maximum atomic E-state index is 12.3. The minimum absolute atomic E-state index is 0.00477. The molecule has 1 saturated carbocycles. The number of benzene rings is 1. The normalized spacial score (nSPS) is 21.6. The summed E-state index contributed by atoms with van der Waals surface area (Å²) in [6, 6.07) is 7.78. The summed E-state index contributed by atoms with van der Waals surface area (Å²) in [6.45, 7) is 4.10. The van der Waals surface area contributed by atoms with Gasteiger partial charge in [-0.3, -0.25) is 4.79 Å². The SMILES string of the molecule is CC(C)Oc1ccccc1CC(=O)NC1CCCCC1CO. The van der Waals surface area contributed by atoms with E-state index >= 15 is 0 Å². The molecule has 1 fully saturated rings. The van der Waals surface area contributed by atoms with E-state index in [9.17, 15) is 9.90 Å². The molecule has 2 rings (SSSR count). The van der Waals surface area contributed by atoms with E-state index in [1.807, 2.05) is 38.1 Å². The third-order valence-corrected chi connectivity index (χ3v) is 4.18. The van der Waals surface area contributed by atoms with Crippen molar-refractivity contribution >= 4 is 5.91 Å². The number of rotatable bonds is 6. The molecule has 1 aromatic rings. The molecule has 0 aliphatic heterocycles. The van der Waals surface area contributed by atoms with E-state index in [-0.39, 0.29) is 30.6 Å². The molecule has 1 aliphatic rings. The number of amides is 1. The Bertz CT molecular complexity index is 487. The largest absolute Gasteiger partial charge is 0.491 e. The van der Waals surface area contributed by atoms with Crippen LogP contribution in [0.2, 0.25) is 0 Å². The fourth-order valence-corrected chi connectivity index (χ4v) is 3.07. The lowest BCUT2D eigenvalue weighted by molar-refractivity contribution is -0.121. The molecular weight excluding hydrogens is 278 g/mol. The van der Waals surface area contributed by atoms with Crippen molar-refractivity contribution in [1.29, 1.82) is 0 Å². The number of carbonyl (C=O) groups is 1. The van der Waals surface area contributed by atoms with Crippen LogP contribution >= 0.6 is 0 Å². The summed E-state index contributed by atoms with van der Waals surface area (Å²) in [5, 5.41) is 12.5. The first-order valence-electron chi connectivity index (χ1n) is 8.25. The van der Waals surface area contributed by atoms with Crippen molar-refractivity contribution in [1.82, 2.24) is 5.32 Å². The van der Waals surface area contributed by atoms with Gasteiger partial charge in [-0.05, 0) is 32.8 Å². The molecule has 22 heavy (non-hydrogen) atoms. The Hall–Kier alpha value is -1.55. The van der Waals surface area contributed by atoms with Gasteiger partial charge < -0.3 is 15.2 Å². The zero-order chi connectivity index (χ0) is 15.9.